The SMILES string of the molecule is Cc1ccc(F)cc1S(=O)(=O)NCC1(C(N)=O)CCOCC1. The monoisotopic (exact) mass is 330 g/mol. The average Bonchev–Trinajstić information content (AvgIpc) is 2.48. The van der Waals surface area contributed by atoms with Gasteiger partial charge in [-0.15, -0.1) is 0 Å². The second kappa shape index (κ2) is 6.31. The van der Waals surface area contributed by atoms with E-state index in [4.69, 9.17) is 10.5 Å². The van der Waals surface area contributed by atoms with Crippen LogP contribution < -0.4 is 10.5 Å². The van der Waals surface area contributed by atoms with Gasteiger partial charge in [0.25, 0.3) is 0 Å². The van der Waals surface area contributed by atoms with Crippen LogP contribution in [0.5, 0.6) is 0 Å². The Morgan fingerprint density at radius 3 is 2.64 bits per heavy atom. The summed E-state index contributed by atoms with van der Waals surface area (Å²) in [7, 11) is -3.92. The first-order chi connectivity index (χ1) is 10.3. The van der Waals surface area contributed by atoms with E-state index in [-0.39, 0.29) is 11.4 Å². The van der Waals surface area contributed by atoms with Crippen molar-refractivity contribution in [3.8, 4) is 0 Å². The van der Waals surface area contributed by atoms with Crippen LogP contribution >= 0.6 is 0 Å². The van der Waals surface area contributed by atoms with Gasteiger partial charge in [0.15, 0.2) is 0 Å². The molecule has 0 atom stereocenters. The maximum Gasteiger partial charge on any atom is 0.240 e. The van der Waals surface area contributed by atoms with Gasteiger partial charge < -0.3 is 10.5 Å². The number of rotatable bonds is 5. The second-order valence-electron chi connectivity index (χ2n) is 5.49. The molecule has 1 amide bonds. The number of halogens is 1. The van der Waals surface area contributed by atoms with Crippen molar-refractivity contribution < 1.29 is 22.3 Å². The highest BCUT2D eigenvalue weighted by Gasteiger charge is 2.39. The van der Waals surface area contributed by atoms with E-state index in [1.54, 1.807) is 6.92 Å². The molecule has 1 aliphatic rings. The molecule has 2 rings (SSSR count). The number of ether oxygens (including phenoxy) is 1. The molecule has 0 spiro atoms. The highest BCUT2D eigenvalue weighted by molar-refractivity contribution is 7.89. The molecule has 1 aliphatic heterocycles. The van der Waals surface area contributed by atoms with Crippen molar-refractivity contribution in [3.05, 3.63) is 29.6 Å². The standard InChI is InChI=1S/C14H19FN2O4S/c1-10-2-3-11(15)8-12(10)22(19,20)17-9-14(13(16)18)4-6-21-7-5-14/h2-3,8,17H,4-7,9H2,1H3,(H2,16,18). The lowest BCUT2D eigenvalue weighted by Gasteiger charge is -2.34. The van der Waals surface area contributed by atoms with Gasteiger partial charge in [0.1, 0.15) is 5.82 Å². The third kappa shape index (κ3) is 3.45. The number of amides is 1. The highest BCUT2D eigenvalue weighted by Crippen LogP contribution is 2.30. The van der Waals surface area contributed by atoms with Gasteiger partial charge in [0, 0.05) is 19.8 Å². The summed E-state index contributed by atoms with van der Waals surface area (Å²) in [6, 6.07) is 3.54. The third-order valence-corrected chi connectivity index (χ3v) is 5.56. The number of sulfonamides is 1. The van der Waals surface area contributed by atoms with Gasteiger partial charge in [-0.2, -0.15) is 0 Å². The molecule has 122 valence electrons. The largest absolute Gasteiger partial charge is 0.381 e. The predicted octanol–water partition coefficient (Wildman–Crippen LogP) is 0.695. The minimum atomic E-state index is -3.92. The van der Waals surface area contributed by atoms with Crippen LogP contribution in [0.15, 0.2) is 23.1 Å². The van der Waals surface area contributed by atoms with Crippen molar-refractivity contribution in [2.45, 2.75) is 24.7 Å². The summed E-state index contributed by atoms with van der Waals surface area (Å²) in [5.41, 5.74) is 4.89. The van der Waals surface area contributed by atoms with E-state index < -0.39 is 27.2 Å². The van der Waals surface area contributed by atoms with E-state index >= 15 is 0 Å². The van der Waals surface area contributed by atoms with Crippen molar-refractivity contribution in [2.75, 3.05) is 19.8 Å². The highest BCUT2D eigenvalue weighted by atomic mass is 32.2. The molecule has 1 heterocycles. The van der Waals surface area contributed by atoms with Crippen molar-refractivity contribution in [2.24, 2.45) is 11.1 Å². The van der Waals surface area contributed by atoms with Crippen LogP contribution in [0.25, 0.3) is 0 Å². The van der Waals surface area contributed by atoms with Gasteiger partial charge in [-0.05, 0) is 37.5 Å². The second-order valence-corrected chi connectivity index (χ2v) is 7.23. The number of hydrogen-bond donors (Lipinski definition) is 2. The lowest BCUT2D eigenvalue weighted by atomic mass is 9.80. The molecule has 6 nitrogen and oxygen atoms in total. The molecule has 1 fully saturated rings. The smallest absolute Gasteiger partial charge is 0.240 e. The normalized spacial score (nSPS) is 18.1. The summed E-state index contributed by atoms with van der Waals surface area (Å²) in [4.78, 5) is 11.6. The first kappa shape index (κ1) is 16.9. The van der Waals surface area contributed by atoms with Crippen molar-refractivity contribution in [1.82, 2.24) is 4.72 Å². The first-order valence-corrected chi connectivity index (χ1v) is 8.39. The molecule has 0 aromatic heterocycles. The fourth-order valence-corrected chi connectivity index (χ4v) is 3.83. The zero-order valence-corrected chi connectivity index (χ0v) is 13.1. The van der Waals surface area contributed by atoms with E-state index in [2.05, 4.69) is 4.72 Å². The van der Waals surface area contributed by atoms with Gasteiger partial charge >= 0.3 is 0 Å². The summed E-state index contributed by atoms with van der Waals surface area (Å²) < 4.78 is 45.6. The number of aryl methyl sites for hydroxylation is 1. The van der Waals surface area contributed by atoms with Gasteiger partial charge in [-0.1, -0.05) is 6.07 Å². The summed E-state index contributed by atoms with van der Waals surface area (Å²) in [6.07, 6.45) is 0.708. The Labute approximate surface area is 128 Å². The molecule has 1 saturated heterocycles. The summed E-state index contributed by atoms with van der Waals surface area (Å²) in [6.45, 7) is 2.16. The Kier molecular flexibility index (Phi) is 4.84. The topological polar surface area (TPSA) is 98.5 Å². The summed E-state index contributed by atoms with van der Waals surface area (Å²) in [5.74, 6) is -1.20. The Bertz CT molecular complexity index is 669. The van der Waals surface area contributed by atoms with Gasteiger partial charge in [-0.3, -0.25) is 4.79 Å². The number of nitrogens with two attached hydrogens (primary N) is 1. The lowest BCUT2D eigenvalue weighted by Crippen LogP contribution is -2.49. The molecule has 0 radical (unpaired) electrons. The Morgan fingerprint density at radius 1 is 1.41 bits per heavy atom. The van der Waals surface area contributed by atoms with Gasteiger partial charge in [-0.25, -0.2) is 17.5 Å². The summed E-state index contributed by atoms with van der Waals surface area (Å²) >= 11 is 0. The predicted molar refractivity (Wildman–Crippen MR) is 78.0 cm³/mol. The zero-order chi connectivity index (χ0) is 16.4. The van der Waals surface area contributed by atoms with Crippen LogP contribution in [0.3, 0.4) is 0 Å². The Morgan fingerprint density at radius 2 is 2.05 bits per heavy atom. The van der Waals surface area contributed by atoms with E-state index in [1.807, 2.05) is 0 Å². The molecule has 0 bridgehead atoms. The number of hydrogen-bond acceptors (Lipinski definition) is 4. The van der Waals surface area contributed by atoms with Crippen LogP contribution in [-0.2, 0) is 19.6 Å². The van der Waals surface area contributed by atoms with Crippen LogP contribution in [0.2, 0.25) is 0 Å². The van der Waals surface area contributed by atoms with E-state index in [1.165, 1.54) is 12.1 Å². The third-order valence-electron chi connectivity index (χ3n) is 4.01. The molecule has 3 N–H and O–H groups in total. The molecule has 1 aromatic carbocycles. The van der Waals surface area contributed by atoms with Crippen LogP contribution in [0.1, 0.15) is 18.4 Å². The van der Waals surface area contributed by atoms with Gasteiger partial charge in [0.2, 0.25) is 15.9 Å². The Balaban J connectivity index is 2.21. The zero-order valence-electron chi connectivity index (χ0n) is 12.3. The number of nitrogens with one attached hydrogen (secondary N) is 1. The molecule has 0 unspecified atom stereocenters. The fourth-order valence-electron chi connectivity index (χ4n) is 2.45. The fraction of sp³-hybridized carbons (Fsp3) is 0.500. The summed E-state index contributed by atoms with van der Waals surface area (Å²) in [5, 5.41) is 0. The molecule has 0 saturated carbocycles. The average molecular weight is 330 g/mol. The molecular formula is C14H19FN2O4S. The van der Waals surface area contributed by atoms with E-state index in [0.29, 0.717) is 31.6 Å². The van der Waals surface area contributed by atoms with Crippen LogP contribution in [-0.4, -0.2) is 34.1 Å². The van der Waals surface area contributed by atoms with Crippen LogP contribution in [0, 0.1) is 18.2 Å². The maximum absolute atomic E-state index is 13.3. The Hall–Kier alpha value is -1.51. The maximum atomic E-state index is 13.3. The number of primary amides is 1. The number of carbonyl (C=O) groups excluding carboxylic acids is 1. The number of benzene rings is 1. The van der Waals surface area contributed by atoms with E-state index in [0.717, 1.165) is 6.07 Å². The molecule has 22 heavy (non-hydrogen) atoms. The van der Waals surface area contributed by atoms with Crippen molar-refractivity contribution in [1.29, 1.82) is 0 Å². The number of carbonyl (C=O) groups is 1. The van der Waals surface area contributed by atoms with Crippen molar-refractivity contribution >= 4 is 15.9 Å². The minimum Gasteiger partial charge on any atom is -0.381 e. The molecule has 0 aliphatic carbocycles. The lowest BCUT2D eigenvalue weighted by molar-refractivity contribution is -0.132. The minimum absolute atomic E-state index is 0.121. The molecule has 8 heteroatoms. The van der Waals surface area contributed by atoms with E-state index in [9.17, 15) is 17.6 Å². The quantitative estimate of drug-likeness (QED) is 0.830. The molecular weight excluding hydrogens is 311 g/mol. The molecule has 1 aromatic rings. The van der Waals surface area contributed by atoms with Crippen LogP contribution in [0.4, 0.5) is 4.39 Å². The first-order valence-electron chi connectivity index (χ1n) is 6.90. The van der Waals surface area contributed by atoms with Crippen molar-refractivity contribution in [3.63, 3.8) is 0 Å². The van der Waals surface area contributed by atoms with Gasteiger partial charge in [0.05, 0.1) is 10.3 Å².